The number of methoxy groups -OCH3 is 1. The van der Waals surface area contributed by atoms with E-state index in [4.69, 9.17) is 9.84 Å². The lowest BCUT2D eigenvalue weighted by molar-refractivity contribution is -0.100. The normalized spacial score (nSPS) is 12.5. The topological polar surface area (TPSA) is 55.8 Å². The second-order valence-electron chi connectivity index (χ2n) is 2.19. The van der Waals surface area contributed by atoms with Crippen molar-refractivity contribution >= 4 is 6.16 Å². The molecule has 0 saturated carbocycles. The number of carbonyl (C=O) groups is 1. The van der Waals surface area contributed by atoms with Crippen molar-refractivity contribution in [2.75, 3.05) is 7.11 Å². The second kappa shape index (κ2) is 5.97. The molecule has 0 aliphatic carbocycles. The zero-order chi connectivity index (χ0) is 8.69. The monoisotopic (exact) mass is 162 g/mol. The van der Waals surface area contributed by atoms with Crippen LogP contribution in [0.15, 0.2) is 0 Å². The van der Waals surface area contributed by atoms with Crippen molar-refractivity contribution in [3.63, 3.8) is 0 Å². The van der Waals surface area contributed by atoms with Crippen LogP contribution in [-0.2, 0) is 9.47 Å². The first-order valence-electron chi connectivity index (χ1n) is 3.63. The van der Waals surface area contributed by atoms with Gasteiger partial charge in [-0.05, 0) is 6.42 Å². The minimum Gasteiger partial charge on any atom is -0.450 e. The molecule has 0 fully saturated rings. The van der Waals surface area contributed by atoms with Gasteiger partial charge in [0.05, 0.1) is 0 Å². The summed E-state index contributed by atoms with van der Waals surface area (Å²) in [5.41, 5.74) is 0. The maximum absolute atomic E-state index is 10.0. The van der Waals surface area contributed by atoms with Crippen LogP contribution in [0.25, 0.3) is 0 Å². The van der Waals surface area contributed by atoms with Crippen LogP contribution in [0.4, 0.5) is 4.79 Å². The largest absolute Gasteiger partial charge is 0.508 e. The number of hydrogen-bond donors (Lipinski definition) is 1. The Morgan fingerprint density at radius 3 is 2.64 bits per heavy atom. The third kappa shape index (κ3) is 5.66. The van der Waals surface area contributed by atoms with E-state index in [1.807, 2.05) is 6.92 Å². The molecule has 0 aliphatic rings. The van der Waals surface area contributed by atoms with Gasteiger partial charge in [-0.3, -0.25) is 0 Å². The van der Waals surface area contributed by atoms with E-state index in [-0.39, 0.29) is 0 Å². The Bertz CT molecular complexity index is 113. The van der Waals surface area contributed by atoms with Crippen LogP contribution in [0.3, 0.4) is 0 Å². The predicted molar refractivity (Wildman–Crippen MR) is 39.4 cm³/mol. The molecule has 1 atom stereocenters. The van der Waals surface area contributed by atoms with E-state index in [2.05, 4.69) is 4.74 Å². The molecule has 0 radical (unpaired) electrons. The lowest BCUT2D eigenvalue weighted by Gasteiger charge is -2.12. The summed E-state index contributed by atoms with van der Waals surface area (Å²) in [4.78, 5) is 10.0. The highest BCUT2D eigenvalue weighted by molar-refractivity contribution is 5.56. The third-order valence-electron chi connectivity index (χ3n) is 1.29. The quantitative estimate of drug-likeness (QED) is 0.495. The van der Waals surface area contributed by atoms with Gasteiger partial charge >= 0.3 is 6.16 Å². The lowest BCUT2D eigenvalue weighted by Crippen LogP contribution is -2.18. The lowest BCUT2D eigenvalue weighted by atomic mass is 10.2. The van der Waals surface area contributed by atoms with E-state index in [1.54, 1.807) is 0 Å². The van der Waals surface area contributed by atoms with E-state index in [9.17, 15) is 4.79 Å². The van der Waals surface area contributed by atoms with Crippen LogP contribution in [-0.4, -0.2) is 24.7 Å². The zero-order valence-corrected chi connectivity index (χ0v) is 6.87. The van der Waals surface area contributed by atoms with Gasteiger partial charge in [-0.15, -0.1) is 0 Å². The average molecular weight is 162 g/mol. The van der Waals surface area contributed by atoms with Crippen LogP contribution in [0.2, 0.25) is 0 Å². The molecule has 0 aromatic rings. The van der Waals surface area contributed by atoms with E-state index in [0.717, 1.165) is 12.8 Å². The molecule has 0 aromatic carbocycles. The van der Waals surface area contributed by atoms with Crippen molar-refractivity contribution in [1.29, 1.82) is 0 Å². The SMILES string of the molecule is CCCCC(OC)OC(=O)O. The highest BCUT2D eigenvalue weighted by atomic mass is 16.7. The van der Waals surface area contributed by atoms with Crippen LogP contribution in [0.1, 0.15) is 26.2 Å². The fourth-order valence-electron chi connectivity index (χ4n) is 0.708. The molecule has 0 bridgehead atoms. The molecule has 0 aromatic heterocycles. The molecule has 0 rings (SSSR count). The van der Waals surface area contributed by atoms with Crippen LogP contribution in [0.5, 0.6) is 0 Å². The minimum absolute atomic E-state index is 0.604. The maximum Gasteiger partial charge on any atom is 0.508 e. The van der Waals surface area contributed by atoms with Gasteiger partial charge in [-0.1, -0.05) is 13.3 Å². The average Bonchev–Trinajstić information content (AvgIpc) is 1.97. The Morgan fingerprint density at radius 2 is 2.27 bits per heavy atom. The first kappa shape index (κ1) is 10.2. The van der Waals surface area contributed by atoms with Crippen molar-refractivity contribution in [1.82, 2.24) is 0 Å². The summed E-state index contributed by atoms with van der Waals surface area (Å²) < 4.78 is 9.16. The smallest absolute Gasteiger partial charge is 0.450 e. The van der Waals surface area contributed by atoms with Crippen molar-refractivity contribution < 1.29 is 19.4 Å². The van der Waals surface area contributed by atoms with Gasteiger partial charge in [0.2, 0.25) is 6.29 Å². The first-order valence-corrected chi connectivity index (χ1v) is 3.63. The summed E-state index contributed by atoms with van der Waals surface area (Å²) in [6.45, 7) is 2.02. The Hall–Kier alpha value is -0.770. The Balaban J connectivity index is 3.49. The highest BCUT2D eigenvalue weighted by Crippen LogP contribution is 2.05. The van der Waals surface area contributed by atoms with E-state index < -0.39 is 12.4 Å². The van der Waals surface area contributed by atoms with E-state index >= 15 is 0 Å². The summed E-state index contributed by atoms with van der Waals surface area (Å²) in [6, 6.07) is 0. The molecule has 66 valence electrons. The minimum atomic E-state index is -1.28. The summed E-state index contributed by atoms with van der Waals surface area (Å²) >= 11 is 0. The van der Waals surface area contributed by atoms with Crippen LogP contribution < -0.4 is 0 Å². The third-order valence-corrected chi connectivity index (χ3v) is 1.29. The highest BCUT2D eigenvalue weighted by Gasteiger charge is 2.10. The molecule has 0 heterocycles. The molecule has 0 aliphatic heterocycles. The molecule has 1 unspecified atom stereocenters. The molecule has 4 heteroatoms. The fraction of sp³-hybridized carbons (Fsp3) is 0.857. The van der Waals surface area contributed by atoms with Crippen LogP contribution in [0, 0.1) is 0 Å². The molecular formula is C7H14O4. The van der Waals surface area contributed by atoms with Crippen molar-refractivity contribution in [2.24, 2.45) is 0 Å². The molecular weight excluding hydrogens is 148 g/mol. The van der Waals surface area contributed by atoms with Gasteiger partial charge in [0, 0.05) is 13.5 Å². The van der Waals surface area contributed by atoms with E-state index in [0.29, 0.717) is 6.42 Å². The Morgan fingerprint density at radius 1 is 1.64 bits per heavy atom. The van der Waals surface area contributed by atoms with Gasteiger partial charge < -0.3 is 14.6 Å². The summed E-state index contributed by atoms with van der Waals surface area (Å²) in [7, 11) is 1.43. The standard InChI is InChI=1S/C7H14O4/c1-3-4-5-6(10-2)11-7(8)9/h6H,3-5H2,1-2H3,(H,8,9). The molecule has 0 saturated heterocycles. The second-order valence-corrected chi connectivity index (χ2v) is 2.19. The number of hydrogen-bond acceptors (Lipinski definition) is 3. The molecule has 11 heavy (non-hydrogen) atoms. The van der Waals surface area contributed by atoms with E-state index in [1.165, 1.54) is 7.11 Å². The number of unbranched alkanes of at least 4 members (excludes halogenated alkanes) is 1. The first-order chi connectivity index (χ1) is 5.20. The summed E-state index contributed by atoms with van der Waals surface area (Å²) in [6.07, 6.45) is 0.647. The summed E-state index contributed by atoms with van der Waals surface area (Å²) in [5, 5.41) is 8.21. The van der Waals surface area contributed by atoms with Gasteiger partial charge in [0.15, 0.2) is 0 Å². The number of rotatable bonds is 5. The molecule has 1 N–H and O–H groups in total. The van der Waals surface area contributed by atoms with Gasteiger partial charge in [-0.25, -0.2) is 4.79 Å². The number of carboxylic acid groups (broad SMARTS) is 1. The van der Waals surface area contributed by atoms with Crippen LogP contribution >= 0.6 is 0 Å². The van der Waals surface area contributed by atoms with Crippen molar-refractivity contribution in [2.45, 2.75) is 32.5 Å². The Kier molecular flexibility index (Phi) is 5.56. The molecule has 0 spiro atoms. The van der Waals surface area contributed by atoms with Gasteiger partial charge in [0.1, 0.15) is 0 Å². The zero-order valence-electron chi connectivity index (χ0n) is 6.87. The fourth-order valence-corrected chi connectivity index (χ4v) is 0.708. The van der Waals surface area contributed by atoms with Crippen molar-refractivity contribution in [3.05, 3.63) is 0 Å². The number of ether oxygens (including phenoxy) is 2. The molecule has 0 amide bonds. The van der Waals surface area contributed by atoms with Crippen molar-refractivity contribution in [3.8, 4) is 0 Å². The maximum atomic E-state index is 10.0. The van der Waals surface area contributed by atoms with Gasteiger partial charge in [-0.2, -0.15) is 0 Å². The Labute approximate surface area is 66.1 Å². The summed E-state index contributed by atoms with van der Waals surface area (Å²) in [5.74, 6) is 0. The predicted octanol–water partition coefficient (Wildman–Crippen LogP) is 1.84. The van der Waals surface area contributed by atoms with Gasteiger partial charge in [0.25, 0.3) is 0 Å². The molecule has 4 nitrogen and oxygen atoms in total.